The molecule has 84 valence electrons. The SMILES string of the molecule is CCC.Nc1nnc(Cl)c2c1CCCC2. The van der Waals surface area contributed by atoms with Crippen LogP contribution in [0.4, 0.5) is 5.82 Å². The second-order valence-corrected chi connectivity index (χ2v) is 4.11. The molecule has 0 bridgehead atoms. The Kier molecular flexibility index (Phi) is 4.82. The Balaban J connectivity index is 0.000000337. The van der Waals surface area contributed by atoms with E-state index < -0.39 is 0 Å². The molecule has 0 radical (unpaired) electrons. The van der Waals surface area contributed by atoms with Crippen molar-refractivity contribution in [1.29, 1.82) is 0 Å². The second kappa shape index (κ2) is 5.91. The quantitative estimate of drug-likeness (QED) is 0.741. The van der Waals surface area contributed by atoms with Gasteiger partial charge in [0.2, 0.25) is 0 Å². The van der Waals surface area contributed by atoms with Gasteiger partial charge in [0.25, 0.3) is 0 Å². The van der Waals surface area contributed by atoms with Crippen molar-refractivity contribution in [2.75, 3.05) is 5.73 Å². The topological polar surface area (TPSA) is 51.8 Å². The summed E-state index contributed by atoms with van der Waals surface area (Å²) in [5.74, 6) is 0.550. The van der Waals surface area contributed by atoms with Gasteiger partial charge in [-0.05, 0) is 31.2 Å². The van der Waals surface area contributed by atoms with Crippen LogP contribution in [-0.2, 0) is 12.8 Å². The summed E-state index contributed by atoms with van der Waals surface area (Å²) in [5, 5.41) is 8.10. The molecule has 0 aliphatic heterocycles. The molecule has 0 fully saturated rings. The van der Waals surface area contributed by atoms with E-state index in [9.17, 15) is 0 Å². The number of aromatic nitrogens is 2. The van der Waals surface area contributed by atoms with Crippen molar-refractivity contribution in [3.05, 3.63) is 16.3 Å². The first-order chi connectivity index (χ1) is 7.20. The van der Waals surface area contributed by atoms with E-state index in [0.717, 1.165) is 24.0 Å². The molecular weight excluding hydrogens is 210 g/mol. The first kappa shape index (κ1) is 12.2. The van der Waals surface area contributed by atoms with Crippen molar-refractivity contribution in [3.63, 3.8) is 0 Å². The van der Waals surface area contributed by atoms with Crippen LogP contribution in [0.5, 0.6) is 0 Å². The summed E-state index contributed by atoms with van der Waals surface area (Å²) in [6.07, 6.45) is 5.60. The van der Waals surface area contributed by atoms with Gasteiger partial charge in [-0.25, -0.2) is 0 Å². The Hall–Kier alpha value is -0.830. The number of rotatable bonds is 0. The maximum absolute atomic E-state index is 5.88. The molecule has 0 unspecified atom stereocenters. The maximum atomic E-state index is 5.88. The highest BCUT2D eigenvalue weighted by Crippen LogP contribution is 2.28. The number of hydrogen-bond acceptors (Lipinski definition) is 3. The Labute approximate surface area is 96.0 Å². The Morgan fingerprint density at radius 1 is 1.13 bits per heavy atom. The molecule has 0 saturated carbocycles. The van der Waals surface area contributed by atoms with E-state index in [1.54, 1.807) is 0 Å². The van der Waals surface area contributed by atoms with Crippen LogP contribution in [0.2, 0.25) is 5.15 Å². The van der Waals surface area contributed by atoms with E-state index in [-0.39, 0.29) is 0 Å². The largest absolute Gasteiger partial charge is 0.382 e. The minimum Gasteiger partial charge on any atom is -0.382 e. The van der Waals surface area contributed by atoms with E-state index >= 15 is 0 Å². The molecule has 4 heteroatoms. The van der Waals surface area contributed by atoms with Crippen LogP contribution in [0.25, 0.3) is 0 Å². The number of nitrogen functional groups attached to an aromatic ring is 1. The molecule has 2 rings (SSSR count). The molecule has 0 atom stereocenters. The van der Waals surface area contributed by atoms with Crippen molar-refractivity contribution in [3.8, 4) is 0 Å². The van der Waals surface area contributed by atoms with Crippen molar-refractivity contribution in [2.24, 2.45) is 0 Å². The molecular formula is C11H18ClN3. The van der Waals surface area contributed by atoms with Crippen molar-refractivity contribution in [1.82, 2.24) is 10.2 Å². The summed E-state index contributed by atoms with van der Waals surface area (Å²) >= 11 is 5.88. The first-order valence-corrected chi connectivity index (χ1v) is 5.87. The molecule has 0 spiro atoms. The van der Waals surface area contributed by atoms with Crippen molar-refractivity contribution in [2.45, 2.75) is 46.0 Å². The van der Waals surface area contributed by atoms with Gasteiger partial charge in [0, 0.05) is 5.56 Å². The molecule has 1 heterocycles. The predicted molar refractivity (Wildman–Crippen MR) is 64.1 cm³/mol. The lowest BCUT2D eigenvalue weighted by atomic mass is 9.94. The highest BCUT2D eigenvalue weighted by atomic mass is 35.5. The summed E-state index contributed by atoms with van der Waals surface area (Å²) in [4.78, 5) is 0. The number of nitrogens with zero attached hydrogens (tertiary/aromatic N) is 2. The monoisotopic (exact) mass is 227 g/mol. The van der Waals surface area contributed by atoms with Gasteiger partial charge in [-0.2, -0.15) is 0 Å². The molecule has 1 aliphatic rings. The van der Waals surface area contributed by atoms with E-state index in [0.29, 0.717) is 11.0 Å². The third kappa shape index (κ3) is 3.06. The normalized spacial score (nSPS) is 13.8. The van der Waals surface area contributed by atoms with Gasteiger partial charge in [0.15, 0.2) is 5.15 Å². The molecule has 2 N–H and O–H groups in total. The Bertz CT molecular complexity index is 295. The lowest BCUT2D eigenvalue weighted by molar-refractivity contribution is 0.677. The number of hydrogen-bond donors (Lipinski definition) is 1. The summed E-state index contributed by atoms with van der Waals surface area (Å²) in [6.45, 7) is 4.25. The highest BCUT2D eigenvalue weighted by Gasteiger charge is 2.16. The van der Waals surface area contributed by atoms with Crippen LogP contribution < -0.4 is 5.73 Å². The third-order valence-electron chi connectivity index (χ3n) is 2.27. The van der Waals surface area contributed by atoms with E-state index in [1.807, 2.05) is 0 Å². The molecule has 3 nitrogen and oxygen atoms in total. The van der Waals surface area contributed by atoms with Gasteiger partial charge in [0.05, 0.1) is 0 Å². The zero-order chi connectivity index (χ0) is 11.3. The molecule has 0 aromatic carbocycles. The summed E-state index contributed by atoms with van der Waals surface area (Å²) < 4.78 is 0. The van der Waals surface area contributed by atoms with Crippen molar-refractivity contribution < 1.29 is 0 Å². The number of anilines is 1. The summed E-state index contributed by atoms with van der Waals surface area (Å²) in [7, 11) is 0. The number of halogens is 1. The maximum Gasteiger partial charge on any atom is 0.155 e. The lowest BCUT2D eigenvalue weighted by Crippen LogP contribution is -2.10. The minimum absolute atomic E-state index is 0.527. The standard InChI is InChI=1S/C8H10ClN3.C3H8/c9-7-5-3-1-2-4-6(5)8(10)12-11-7;1-3-2/h1-4H2,(H2,10,12);3H2,1-2H3. The Morgan fingerprint density at radius 3 is 2.20 bits per heavy atom. The highest BCUT2D eigenvalue weighted by molar-refractivity contribution is 6.30. The fraction of sp³-hybridized carbons (Fsp3) is 0.636. The molecule has 1 aliphatic carbocycles. The van der Waals surface area contributed by atoms with Gasteiger partial charge in [0.1, 0.15) is 5.82 Å². The van der Waals surface area contributed by atoms with Crippen LogP contribution in [0, 0.1) is 0 Å². The van der Waals surface area contributed by atoms with Crippen molar-refractivity contribution >= 4 is 17.4 Å². The number of fused-ring (bicyclic) bond motifs is 1. The molecule has 1 aromatic heterocycles. The fourth-order valence-electron chi connectivity index (χ4n) is 1.63. The van der Waals surface area contributed by atoms with E-state index in [4.69, 9.17) is 17.3 Å². The summed E-state index contributed by atoms with van der Waals surface area (Å²) in [6, 6.07) is 0. The average Bonchev–Trinajstić information content (AvgIpc) is 2.25. The smallest absolute Gasteiger partial charge is 0.155 e. The van der Waals surface area contributed by atoms with Crippen LogP contribution >= 0.6 is 11.6 Å². The zero-order valence-electron chi connectivity index (χ0n) is 9.39. The van der Waals surface area contributed by atoms with Crippen LogP contribution in [-0.4, -0.2) is 10.2 Å². The second-order valence-electron chi connectivity index (χ2n) is 3.75. The van der Waals surface area contributed by atoms with Crippen LogP contribution in [0.1, 0.15) is 44.2 Å². The van der Waals surface area contributed by atoms with Gasteiger partial charge in [-0.3, -0.25) is 0 Å². The molecule has 1 aromatic rings. The van der Waals surface area contributed by atoms with Gasteiger partial charge in [-0.1, -0.05) is 31.9 Å². The van der Waals surface area contributed by atoms with E-state index in [2.05, 4.69) is 24.0 Å². The molecule has 15 heavy (non-hydrogen) atoms. The molecule has 0 saturated heterocycles. The van der Waals surface area contributed by atoms with Crippen LogP contribution in [0.15, 0.2) is 0 Å². The minimum atomic E-state index is 0.527. The Morgan fingerprint density at radius 2 is 1.67 bits per heavy atom. The fourth-order valence-corrected chi connectivity index (χ4v) is 1.88. The van der Waals surface area contributed by atoms with Crippen LogP contribution in [0.3, 0.4) is 0 Å². The van der Waals surface area contributed by atoms with Gasteiger partial charge < -0.3 is 5.73 Å². The average molecular weight is 228 g/mol. The third-order valence-corrected chi connectivity index (χ3v) is 2.58. The predicted octanol–water partition coefficient (Wildman–Crippen LogP) is 3.01. The molecule has 0 amide bonds. The van der Waals surface area contributed by atoms with E-state index in [1.165, 1.54) is 19.3 Å². The lowest BCUT2D eigenvalue weighted by Gasteiger charge is -2.16. The van der Waals surface area contributed by atoms with Gasteiger partial charge in [-0.15, -0.1) is 10.2 Å². The zero-order valence-corrected chi connectivity index (χ0v) is 10.1. The number of nitrogens with two attached hydrogens (primary N) is 1. The summed E-state index contributed by atoms with van der Waals surface area (Å²) in [5.41, 5.74) is 7.90. The first-order valence-electron chi connectivity index (χ1n) is 5.50. The van der Waals surface area contributed by atoms with Gasteiger partial charge >= 0.3 is 0 Å².